The van der Waals surface area contributed by atoms with Gasteiger partial charge in [-0.25, -0.2) is 0 Å². The molecule has 2 heterocycles. The second-order valence-electron chi connectivity index (χ2n) is 4.82. The number of benzene rings is 1. The third-order valence-corrected chi connectivity index (χ3v) is 5.04. The molecule has 2 N–H and O–H groups in total. The number of halogens is 1. The normalized spacial score (nSPS) is 20.0. The Morgan fingerprint density at radius 3 is 2.83 bits per heavy atom. The highest BCUT2D eigenvalue weighted by molar-refractivity contribution is 8.26. The summed E-state index contributed by atoms with van der Waals surface area (Å²) >= 11 is 12.1. The van der Waals surface area contributed by atoms with Gasteiger partial charge in [-0.2, -0.15) is 0 Å². The van der Waals surface area contributed by atoms with Gasteiger partial charge in [0.2, 0.25) is 0 Å². The molecule has 1 fully saturated rings. The van der Waals surface area contributed by atoms with Crippen LogP contribution in [0.2, 0.25) is 5.02 Å². The van der Waals surface area contributed by atoms with E-state index in [1.807, 2.05) is 0 Å². The molecule has 0 radical (unpaired) electrons. The number of hydrogen-bond donors (Lipinski definition) is 2. The van der Waals surface area contributed by atoms with Gasteiger partial charge in [-0.1, -0.05) is 35.6 Å². The largest absolute Gasteiger partial charge is 0.481 e. The van der Waals surface area contributed by atoms with E-state index in [0.29, 0.717) is 16.3 Å². The Hall–Kier alpha value is -1.90. The van der Waals surface area contributed by atoms with Crippen molar-refractivity contribution in [2.45, 2.75) is 6.42 Å². The number of anilines is 1. The number of rotatable bonds is 3. The molecule has 2 aliphatic rings. The van der Waals surface area contributed by atoms with Crippen molar-refractivity contribution in [3.63, 3.8) is 0 Å². The Kier molecular flexibility index (Phi) is 4.13. The minimum atomic E-state index is -1.03. The molecule has 118 valence electrons. The summed E-state index contributed by atoms with van der Waals surface area (Å²) in [7, 11) is 0. The monoisotopic (exact) mass is 368 g/mol. The highest BCUT2D eigenvalue weighted by atomic mass is 35.5. The van der Waals surface area contributed by atoms with Crippen molar-refractivity contribution < 1.29 is 19.5 Å². The van der Waals surface area contributed by atoms with E-state index in [4.69, 9.17) is 28.9 Å². The van der Waals surface area contributed by atoms with Crippen LogP contribution in [0.3, 0.4) is 0 Å². The summed E-state index contributed by atoms with van der Waals surface area (Å²) in [6.07, 6.45) is -0.219. The SMILES string of the molecule is O=C(O)CCN1C(=O)C(=C2C(=O)Nc3ccc(Cl)cc32)SC1=S. The Bertz CT molecular complexity index is 806. The number of amides is 2. The van der Waals surface area contributed by atoms with Crippen LogP contribution in [0.25, 0.3) is 5.57 Å². The smallest absolute Gasteiger partial charge is 0.305 e. The number of thioether (sulfide) groups is 1. The summed E-state index contributed by atoms with van der Waals surface area (Å²) in [6, 6.07) is 4.91. The van der Waals surface area contributed by atoms with Gasteiger partial charge in [0.15, 0.2) is 0 Å². The fraction of sp³-hybridized carbons (Fsp3) is 0.143. The predicted molar refractivity (Wildman–Crippen MR) is 91.2 cm³/mol. The summed E-state index contributed by atoms with van der Waals surface area (Å²) in [5, 5.41) is 11.9. The number of aliphatic carboxylic acids is 1. The average molecular weight is 369 g/mol. The van der Waals surface area contributed by atoms with Crippen LogP contribution < -0.4 is 5.32 Å². The molecule has 1 saturated heterocycles. The molecule has 23 heavy (non-hydrogen) atoms. The van der Waals surface area contributed by atoms with Crippen molar-refractivity contribution in [2.24, 2.45) is 0 Å². The Balaban J connectivity index is 2.01. The van der Waals surface area contributed by atoms with Crippen molar-refractivity contribution in [2.75, 3.05) is 11.9 Å². The third-order valence-electron chi connectivity index (χ3n) is 3.35. The average Bonchev–Trinajstić information content (AvgIpc) is 2.93. The first-order chi connectivity index (χ1) is 10.9. The van der Waals surface area contributed by atoms with Gasteiger partial charge in [0.25, 0.3) is 11.8 Å². The zero-order valence-corrected chi connectivity index (χ0v) is 13.8. The quantitative estimate of drug-likeness (QED) is 0.629. The zero-order chi connectivity index (χ0) is 16.7. The molecule has 3 rings (SSSR count). The van der Waals surface area contributed by atoms with Gasteiger partial charge in [-0.3, -0.25) is 19.3 Å². The molecule has 0 bridgehead atoms. The maximum absolute atomic E-state index is 12.5. The topological polar surface area (TPSA) is 86.7 Å². The number of carbonyl (C=O) groups excluding carboxylic acids is 2. The molecule has 6 nitrogen and oxygen atoms in total. The van der Waals surface area contributed by atoms with Crippen molar-refractivity contribution in [3.8, 4) is 0 Å². The lowest BCUT2D eigenvalue weighted by Gasteiger charge is -2.12. The fourth-order valence-electron chi connectivity index (χ4n) is 2.31. The highest BCUT2D eigenvalue weighted by Crippen LogP contribution is 2.42. The Morgan fingerprint density at radius 2 is 2.13 bits per heavy atom. The lowest BCUT2D eigenvalue weighted by atomic mass is 10.1. The van der Waals surface area contributed by atoms with E-state index in [1.54, 1.807) is 18.2 Å². The maximum atomic E-state index is 12.5. The van der Waals surface area contributed by atoms with Crippen molar-refractivity contribution >= 4 is 68.9 Å². The molecule has 1 aromatic rings. The molecule has 2 amide bonds. The van der Waals surface area contributed by atoms with Crippen molar-refractivity contribution in [1.82, 2.24) is 4.90 Å². The van der Waals surface area contributed by atoms with Gasteiger partial charge in [0, 0.05) is 22.8 Å². The number of carboxylic acids is 1. The highest BCUT2D eigenvalue weighted by Gasteiger charge is 2.39. The first-order valence-corrected chi connectivity index (χ1v) is 8.10. The number of nitrogens with one attached hydrogen (secondary N) is 1. The van der Waals surface area contributed by atoms with Gasteiger partial charge in [-0.15, -0.1) is 0 Å². The van der Waals surface area contributed by atoms with E-state index in [0.717, 1.165) is 11.8 Å². The fourth-order valence-corrected chi connectivity index (χ4v) is 3.87. The first-order valence-electron chi connectivity index (χ1n) is 6.49. The second kappa shape index (κ2) is 5.95. The standard InChI is InChI=1S/C14H9ClN2O4S2/c15-6-1-2-8-7(5-6)10(12(20)16-8)11-13(21)17(14(22)23-11)4-3-9(18)19/h1-2,5H,3-4H2,(H,16,20)(H,18,19). The first kappa shape index (κ1) is 16.0. The van der Waals surface area contributed by atoms with E-state index in [2.05, 4.69) is 5.32 Å². The molecule has 0 saturated carbocycles. The molecular formula is C14H9ClN2O4S2. The Morgan fingerprint density at radius 1 is 1.39 bits per heavy atom. The van der Waals surface area contributed by atoms with Crippen LogP contribution in [-0.4, -0.2) is 38.7 Å². The van der Waals surface area contributed by atoms with Crippen LogP contribution in [-0.2, 0) is 14.4 Å². The zero-order valence-electron chi connectivity index (χ0n) is 11.5. The summed E-state index contributed by atoms with van der Waals surface area (Å²) in [5.74, 6) is -1.89. The van der Waals surface area contributed by atoms with Crippen molar-refractivity contribution in [1.29, 1.82) is 0 Å². The molecule has 2 aliphatic heterocycles. The molecule has 0 unspecified atom stereocenters. The second-order valence-corrected chi connectivity index (χ2v) is 6.90. The lowest BCUT2D eigenvalue weighted by Crippen LogP contribution is -2.30. The number of nitrogens with zero attached hydrogens (tertiary/aromatic N) is 1. The molecule has 0 atom stereocenters. The van der Waals surface area contributed by atoms with Crippen LogP contribution in [0.1, 0.15) is 12.0 Å². The lowest BCUT2D eigenvalue weighted by molar-refractivity contribution is -0.137. The van der Waals surface area contributed by atoms with Crippen LogP contribution in [0, 0.1) is 0 Å². The van der Waals surface area contributed by atoms with Gasteiger partial charge >= 0.3 is 5.97 Å². The summed E-state index contributed by atoms with van der Waals surface area (Å²) in [4.78, 5) is 36.8. The minimum absolute atomic E-state index is 0.0270. The van der Waals surface area contributed by atoms with Crippen LogP contribution in [0.15, 0.2) is 23.1 Å². The van der Waals surface area contributed by atoms with Gasteiger partial charge < -0.3 is 10.4 Å². The number of fused-ring (bicyclic) bond motifs is 1. The van der Waals surface area contributed by atoms with E-state index >= 15 is 0 Å². The summed E-state index contributed by atoms with van der Waals surface area (Å²) in [6.45, 7) is -0.0270. The Labute approximate surface area is 145 Å². The van der Waals surface area contributed by atoms with Crippen LogP contribution >= 0.6 is 35.6 Å². The van der Waals surface area contributed by atoms with Gasteiger partial charge in [0.05, 0.1) is 16.9 Å². The van der Waals surface area contributed by atoms with E-state index < -0.39 is 17.8 Å². The molecule has 1 aromatic carbocycles. The molecule has 0 aliphatic carbocycles. The summed E-state index contributed by atoms with van der Waals surface area (Å²) < 4.78 is 0.238. The molecular weight excluding hydrogens is 360 g/mol. The van der Waals surface area contributed by atoms with Crippen LogP contribution in [0.4, 0.5) is 5.69 Å². The van der Waals surface area contributed by atoms with Gasteiger partial charge in [0.1, 0.15) is 4.32 Å². The van der Waals surface area contributed by atoms with Crippen LogP contribution in [0.5, 0.6) is 0 Å². The number of carboxylic acid groups (broad SMARTS) is 1. The number of hydrogen-bond acceptors (Lipinski definition) is 5. The molecule has 0 spiro atoms. The third kappa shape index (κ3) is 2.85. The van der Waals surface area contributed by atoms with Gasteiger partial charge in [-0.05, 0) is 18.2 Å². The number of carbonyl (C=O) groups is 3. The molecule has 0 aromatic heterocycles. The predicted octanol–water partition coefficient (Wildman–Crippen LogP) is 2.34. The van der Waals surface area contributed by atoms with Crippen molar-refractivity contribution in [3.05, 3.63) is 33.7 Å². The summed E-state index contributed by atoms with van der Waals surface area (Å²) in [5.41, 5.74) is 1.34. The maximum Gasteiger partial charge on any atom is 0.305 e. The number of thiocarbonyl (C=S) groups is 1. The minimum Gasteiger partial charge on any atom is -0.481 e. The van der Waals surface area contributed by atoms with E-state index in [1.165, 1.54) is 4.90 Å². The van der Waals surface area contributed by atoms with E-state index in [9.17, 15) is 14.4 Å². The molecule has 9 heteroatoms. The van der Waals surface area contributed by atoms with E-state index in [-0.39, 0.29) is 27.8 Å².